The van der Waals surface area contributed by atoms with E-state index in [9.17, 15) is 13.2 Å². The molecule has 1 aromatic carbocycles. The van der Waals surface area contributed by atoms with E-state index in [1.54, 1.807) is 10.7 Å². The van der Waals surface area contributed by atoms with E-state index < -0.39 is 11.7 Å². The summed E-state index contributed by atoms with van der Waals surface area (Å²) in [5.41, 5.74) is 1.21. The third kappa shape index (κ3) is 7.29. The molecule has 3 rings (SSSR count). The molecule has 31 heavy (non-hydrogen) atoms. The number of benzene rings is 1. The van der Waals surface area contributed by atoms with Crippen molar-refractivity contribution in [2.45, 2.75) is 25.9 Å². The Morgan fingerprint density at radius 3 is 2.55 bits per heavy atom. The van der Waals surface area contributed by atoms with E-state index in [2.05, 4.69) is 15.3 Å². The van der Waals surface area contributed by atoms with E-state index in [1.807, 2.05) is 31.3 Å². The fraction of sp³-hybridized carbons (Fsp3) is 0.524. The van der Waals surface area contributed by atoms with Gasteiger partial charge in [0.2, 0.25) is 0 Å². The van der Waals surface area contributed by atoms with Crippen LogP contribution in [0.15, 0.2) is 41.7 Å². The third-order valence-electron chi connectivity index (χ3n) is 5.10. The zero-order valence-corrected chi connectivity index (χ0v) is 20.2. The number of alkyl halides is 3. The van der Waals surface area contributed by atoms with Crippen LogP contribution in [-0.4, -0.2) is 59.9 Å². The molecule has 1 aliphatic heterocycles. The number of hydrogen-bond donors (Lipinski definition) is 1. The SMILES string of the molecule is CCNC(=NCCCc1cnn(C)c1)N1CCN(c2cccc(C(F)(F)F)c2)CC1.I. The van der Waals surface area contributed by atoms with E-state index in [4.69, 9.17) is 4.99 Å². The van der Waals surface area contributed by atoms with Crippen molar-refractivity contribution < 1.29 is 13.2 Å². The van der Waals surface area contributed by atoms with Crippen molar-refractivity contribution in [3.63, 3.8) is 0 Å². The Balaban J connectivity index is 0.00000341. The highest BCUT2D eigenvalue weighted by Gasteiger charge is 2.31. The average molecular weight is 550 g/mol. The minimum atomic E-state index is -4.32. The van der Waals surface area contributed by atoms with Gasteiger partial charge in [-0.15, -0.1) is 24.0 Å². The summed E-state index contributed by atoms with van der Waals surface area (Å²) in [6, 6.07) is 5.55. The summed E-state index contributed by atoms with van der Waals surface area (Å²) < 4.78 is 40.8. The number of aryl methyl sites for hydroxylation is 2. The van der Waals surface area contributed by atoms with Crippen molar-refractivity contribution in [2.75, 3.05) is 44.2 Å². The van der Waals surface area contributed by atoms with Crippen LogP contribution in [0.1, 0.15) is 24.5 Å². The summed E-state index contributed by atoms with van der Waals surface area (Å²) in [5, 5.41) is 7.51. The summed E-state index contributed by atoms with van der Waals surface area (Å²) >= 11 is 0. The second-order valence-electron chi connectivity index (χ2n) is 7.38. The number of aromatic nitrogens is 2. The summed E-state index contributed by atoms with van der Waals surface area (Å²) in [4.78, 5) is 8.92. The molecule has 0 unspecified atom stereocenters. The second kappa shape index (κ2) is 11.6. The van der Waals surface area contributed by atoms with Crippen molar-refractivity contribution >= 4 is 35.6 Å². The van der Waals surface area contributed by atoms with E-state index >= 15 is 0 Å². The fourth-order valence-corrected chi connectivity index (χ4v) is 3.55. The highest BCUT2D eigenvalue weighted by atomic mass is 127. The van der Waals surface area contributed by atoms with Crippen LogP contribution in [0.5, 0.6) is 0 Å². The van der Waals surface area contributed by atoms with Gasteiger partial charge < -0.3 is 15.1 Å². The highest BCUT2D eigenvalue weighted by molar-refractivity contribution is 14.0. The van der Waals surface area contributed by atoms with Crippen LogP contribution >= 0.6 is 24.0 Å². The molecule has 1 fully saturated rings. The van der Waals surface area contributed by atoms with Gasteiger partial charge in [0.25, 0.3) is 0 Å². The van der Waals surface area contributed by atoms with Gasteiger partial charge in [0.1, 0.15) is 0 Å². The van der Waals surface area contributed by atoms with Crippen molar-refractivity contribution in [3.8, 4) is 0 Å². The van der Waals surface area contributed by atoms with Crippen molar-refractivity contribution in [2.24, 2.45) is 12.0 Å². The summed E-state index contributed by atoms with van der Waals surface area (Å²) in [5.74, 6) is 0.868. The molecule has 172 valence electrons. The Kier molecular flexibility index (Phi) is 9.45. The lowest BCUT2D eigenvalue weighted by atomic mass is 10.1. The van der Waals surface area contributed by atoms with Gasteiger partial charge in [-0.25, -0.2) is 0 Å². The van der Waals surface area contributed by atoms with Crippen LogP contribution in [0.4, 0.5) is 18.9 Å². The molecule has 0 amide bonds. The molecule has 1 aromatic heterocycles. The molecule has 10 heteroatoms. The molecule has 0 spiro atoms. The minimum absolute atomic E-state index is 0. The first-order valence-electron chi connectivity index (χ1n) is 10.3. The molecule has 1 saturated heterocycles. The summed E-state index contributed by atoms with van der Waals surface area (Å²) in [6.07, 6.45) is 1.44. The number of anilines is 1. The fourth-order valence-electron chi connectivity index (χ4n) is 3.55. The van der Waals surface area contributed by atoms with Crippen LogP contribution < -0.4 is 10.2 Å². The van der Waals surface area contributed by atoms with Crippen LogP contribution in [-0.2, 0) is 19.6 Å². The van der Waals surface area contributed by atoms with Crippen LogP contribution in [0.2, 0.25) is 0 Å². The average Bonchev–Trinajstić information content (AvgIpc) is 3.15. The maximum absolute atomic E-state index is 13.0. The Labute approximate surface area is 198 Å². The first-order chi connectivity index (χ1) is 14.4. The Bertz CT molecular complexity index is 844. The van der Waals surface area contributed by atoms with Gasteiger partial charge in [-0.3, -0.25) is 9.67 Å². The molecule has 0 saturated carbocycles. The zero-order chi connectivity index (χ0) is 21.6. The summed E-state index contributed by atoms with van der Waals surface area (Å²) in [7, 11) is 1.91. The number of piperazine rings is 1. The summed E-state index contributed by atoms with van der Waals surface area (Å²) in [6.45, 7) is 6.25. The van der Waals surface area contributed by atoms with Gasteiger partial charge >= 0.3 is 6.18 Å². The molecule has 1 aliphatic rings. The van der Waals surface area contributed by atoms with E-state index in [0.717, 1.165) is 31.4 Å². The quantitative estimate of drug-likeness (QED) is 0.258. The Morgan fingerprint density at radius 2 is 1.94 bits per heavy atom. The number of aliphatic imine (C=N–C) groups is 1. The Hall–Kier alpha value is -1.98. The monoisotopic (exact) mass is 550 g/mol. The molecule has 2 heterocycles. The molecule has 6 nitrogen and oxygen atoms in total. The lowest BCUT2D eigenvalue weighted by Crippen LogP contribution is -2.52. The van der Waals surface area contributed by atoms with E-state index in [1.165, 1.54) is 17.7 Å². The largest absolute Gasteiger partial charge is 0.416 e. The molecule has 0 atom stereocenters. The zero-order valence-electron chi connectivity index (χ0n) is 17.9. The standard InChI is InChI=1S/C21H29F3N6.HI/c1-3-25-20(26-9-5-6-17-15-27-28(2)16-17)30-12-10-29(11-13-30)19-8-4-7-18(14-19)21(22,23)24;/h4,7-8,14-16H,3,5-6,9-13H2,1-2H3,(H,25,26);1H. The number of rotatable bonds is 6. The second-order valence-corrected chi connectivity index (χ2v) is 7.38. The molecular weight excluding hydrogens is 520 g/mol. The predicted octanol–water partition coefficient (Wildman–Crippen LogP) is 3.78. The van der Waals surface area contributed by atoms with Gasteiger partial charge in [-0.2, -0.15) is 18.3 Å². The smallest absolute Gasteiger partial charge is 0.368 e. The highest BCUT2D eigenvalue weighted by Crippen LogP contribution is 2.31. The molecule has 0 aliphatic carbocycles. The van der Waals surface area contributed by atoms with Gasteiger partial charge in [0.05, 0.1) is 11.8 Å². The number of nitrogens with zero attached hydrogens (tertiary/aromatic N) is 5. The lowest BCUT2D eigenvalue weighted by Gasteiger charge is -2.38. The van der Waals surface area contributed by atoms with Gasteiger partial charge in [0, 0.05) is 58.2 Å². The van der Waals surface area contributed by atoms with Gasteiger partial charge in [0.15, 0.2) is 5.96 Å². The third-order valence-corrected chi connectivity index (χ3v) is 5.10. The van der Waals surface area contributed by atoms with Crippen LogP contribution in [0.3, 0.4) is 0 Å². The van der Waals surface area contributed by atoms with Crippen molar-refractivity contribution in [1.82, 2.24) is 20.0 Å². The molecule has 0 bridgehead atoms. The normalized spacial score (nSPS) is 15.1. The maximum Gasteiger partial charge on any atom is 0.416 e. The maximum atomic E-state index is 13.0. The van der Waals surface area contributed by atoms with Crippen LogP contribution in [0.25, 0.3) is 0 Å². The molecule has 2 aromatic rings. The predicted molar refractivity (Wildman–Crippen MR) is 128 cm³/mol. The number of guanidine groups is 1. The van der Waals surface area contributed by atoms with E-state index in [-0.39, 0.29) is 24.0 Å². The first kappa shape index (κ1) is 25.3. The Morgan fingerprint density at radius 1 is 1.19 bits per heavy atom. The van der Waals surface area contributed by atoms with Crippen LogP contribution in [0, 0.1) is 0 Å². The van der Waals surface area contributed by atoms with Gasteiger partial charge in [-0.1, -0.05) is 6.07 Å². The molecule has 1 N–H and O–H groups in total. The lowest BCUT2D eigenvalue weighted by molar-refractivity contribution is -0.137. The number of nitrogens with one attached hydrogen (secondary N) is 1. The van der Waals surface area contributed by atoms with Gasteiger partial charge in [-0.05, 0) is 43.5 Å². The van der Waals surface area contributed by atoms with Crippen molar-refractivity contribution in [3.05, 3.63) is 47.8 Å². The van der Waals surface area contributed by atoms with Crippen molar-refractivity contribution in [1.29, 1.82) is 0 Å². The molecule has 0 radical (unpaired) electrons. The van der Waals surface area contributed by atoms with E-state index in [0.29, 0.717) is 38.4 Å². The minimum Gasteiger partial charge on any atom is -0.368 e. The number of halogens is 4. The molecular formula is C21H30F3IN6. The topological polar surface area (TPSA) is 48.7 Å². The number of hydrogen-bond acceptors (Lipinski definition) is 3. The first-order valence-corrected chi connectivity index (χ1v) is 10.3.